The van der Waals surface area contributed by atoms with E-state index in [0.717, 1.165) is 0 Å². The molecule has 7 heteroatoms. The number of benzene rings is 1. The SMILES string of the molecule is Nc1ccc(O)cc1C(=O)Nc1cnc(Cl)c(Br)c1. The van der Waals surface area contributed by atoms with Crippen molar-refractivity contribution < 1.29 is 9.90 Å². The largest absolute Gasteiger partial charge is 0.508 e. The molecule has 0 aliphatic carbocycles. The molecule has 19 heavy (non-hydrogen) atoms. The van der Waals surface area contributed by atoms with Crippen molar-refractivity contribution >= 4 is 44.8 Å². The molecular formula is C12H9BrClN3O2. The number of nitrogen functional groups attached to an aromatic ring is 1. The van der Waals surface area contributed by atoms with Gasteiger partial charge in [-0.1, -0.05) is 11.6 Å². The Bertz CT molecular complexity index is 649. The number of phenols is 1. The van der Waals surface area contributed by atoms with Gasteiger partial charge in [-0.05, 0) is 40.2 Å². The zero-order valence-electron chi connectivity index (χ0n) is 9.52. The van der Waals surface area contributed by atoms with E-state index in [4.69, 9.17) is 17.3 Å². The molecule has 1 amide bonds. The van der Waals surface area contributed by atoms with Crippen LogP contribution in [0.25, 0.3) is 0 Å². The quantitative estimate of drug-likeness (QED) is 0.445. The Labute approximate surface area is 122 Å². The predicted octanol–water partition coefficient (Wildman–Crippen LogP) is 3.04. The summed E-state index contributed by atoms with van der Waals surface area (Å²) >= 11 is 8.96. The van der Waals surface area contributed by atoms with Gasteiger partial charge in [0.1, 0.15) is 10.9 Å². The third-order valence-corrected chi connectivity index (χ3v) is 3.47. The molecular weight excluding hydrogens is 334 g/mol. The van der Waals surface area contributed by atoms with Crippen LogP contribution in [0.3, 0.4) is 0 Å². The van der Waals surface area contributed by atoms with Crippen molar-refractivity contribution in [2.75, 3.05) is 11.1 Å². The van der Waals surface area contributed by atoms with Crippen LogP contribution in [0, 0.1) is 0 Å². The summed E-state index contributed by atoms with van der Waals surface area (Å²) in [5, 5.41) is 12.3. The summed E-state index contributed by atoms with van der Waals surface area (Å²) in [6.07, 6.45) is 1.42. The number of pyridine rings is 1. The van der Waals surface area contributed by atoms with Gasteiger partial charge < -0.3 is 16.2 Å². The Balaban J connectivity index is 2.25. The number of anilines is 2. The van der Waals surface area contributed by atoms with Crippen molar-refractivity contribution in [1.82, 2.24) is 4.98 Å². The molecule has 0 unspecified atom stereocenters. The normalized spacial score (nSPS) is 10.2. The third-order valence-electron chi connectivity index (χ3n) is 2.34. The molecule has 1 aromatic carbocycles. The van der Waals surface area contributed by atoms with Gasteiger partial charge in [0.05, 0.1) is 21.9 Å². The summed E-state index contributed by atoms with van der Waals surface area (Å²) in [6, 6.07) is 5.78. The Kier molecular flexibility index (Phi) is 3.92. The van der Waals surface area contributed by atoms with Gasteiger partial charge in [-0.2, -0.15) is 0 Å². The number of hydrogen-bond donors (Lipinski definition) is 3. The number of aromatic hydroxyl groups is 1. The van der Waals surface area contributed by atoms with Crippen LogP contribution in [0.1, 0.15) is 10.4 Å². The zero-order valence-corrected chi connectivity index (χ0v) is 11.9. The molecule has 0 saturated carbocycles. The maximum absolute atomic E-state index is 12.0. The van der Waals surface area contributed by atoms with Crippen LogP contribution >= 0.6 is 27.5 Å². The van der Waals surface area contributed by atoms with E-state index >= 15 is 0 Å². The molecule has 1 aromatic heterocycles. The molecule has 0 aliphatic rings. The van der Waals surface area contributed by atoms with Crippen LogP contribution < -0.4 is 11.1 Å². The van der Waals surface area contributed by atoms with E-state index in [1.165, 1.54) is 24.4 Å². The van der Waals surface area contributed by atoms with Crippen LogP contribution in [0.2, 0.25) is 5.15 Å². The number of nitrogens with zero attached hydrogens (tertiary/aromatic N) is 1. The van der Waals surface area contributed by atoms with E-state index in [-0.39, 0.29) is 17.0 Å². The summed E-state index contributed by atoms with van der Waals surface area (Å²) < 4.78 is 0.566. The molecule has 0 atom stereocenters. The average Bonchev–Trinajstić information content (AvgIpc) is 2.36. The van der Waals surface area contributed by atoms with E-state index in [9.17, 15) is 9.90 Å². The molecule has 0 aliphatic heterocycles. The number of aromatic nitrogens is 1. The first-order valence-corrected chi connectivity index (χ1v) is 6.35. The van der Waals surface area contributed by atoms with Crippen molar-refractivity contribution in [3.05, 3.63) is 45.7 Å². The van der Waals surface area contributed by atoms with Crippen LogP contribution in [0.5, 0.6) is 5.75 Å². The molecule has 0 spiro atoms. The molecule has 0 bridgehead atoms. The summed E-state index contributed by atoms with van der Waals surface area (Å²) in [4.78, 5) is 15.9. The molecule has 4 N–H and O–H groups in total. The molecule has 1 heterocycles. The van der Waals surface area contributed by atoms with Gasteiger partial charge in [-0.25, -0.2) is 4.98 Å². The highest BCUT2D eigenvalue weighted by Crippen LogP contribution is 2.24. The lowest BCUT2D eigenvalue weighted by molar-refractivity contribution is 0.102. The fourth-order valence-corrected chi connectivity index (χ4v) is 1.88. The summed E-state index contributed by atoms with van der Waals surface area (Å²) in [5.74, 6) is -0.473. The molecule has 2 rings (SSSR count). The molecule has 5 nitrogen and oxygen atoms in total. The number of phenolic OH excluding ortho intramolecular Hbond substituents is 1. The van der Waals surface area contributed by atoms with Gasteiger partial charge in [-0.3, -0.25) is 4.79 Å². The van der Waals surface area contributed by atoms with E-state index < -0.39 is 5.91 Å². The molecule has 0 radical (unpaired) electrons. The van der Waals surface area contributed by atoms with Crippen molar-refractivity contribution in [2.45, 2.75) is 0 Å². The first kappa shape index (κ1) is 13.6. The second-order valence-corrected chi connectivity index (χ2v) is 4.93. The van der Waals surface area contributed by atoms with Crippen LogP contribution in [-0.4, -0.2) is 16.0 Å². The fraction of sp³-hybridized carbons (Fsp3) is 0. The minimum atomic E-state index is -0.440. The second-order valence-electron chi connectivity index (χ2n) is 3.72. The van der Waals surface area contributed by atoms with Crippen molar-refractivity contribution in [3.8, 4) is 5.75 Å². The number of halogens is 2. The number of nitrogens with two attached hydrogens (primary N) is 1. The minimum Gasteiger partial charge on any atom is -0.508 e. The Morgan fingerprint density at radius 3 is 2.84 bits per heavy atom. The Morgan fingerprint density at radius 2 is 2.16 bits per heavy atom. The van der Waals surface area contributed by atoms with Crippen LogP contribution in [-0.2, 0) is 0 Å². The lowest BCUT2D eigenvalue weighted by Crippen LogP contribution is -2.14. The first-order valence-electron chi connectivity index (χ1n) is 5.18. The van der Waals surface area contributed by atoms with E-state index in [1.807, 2.05) is 0 Å². The highest BCUT2D eigenvalue weighted by Gasteiger charge is 2.11. The number of carbonyl (C=O) groups is 1. The van der Waals surface area contributed by atoms with Gasteiger partial charge >= 0.3 is 0 Å². The second kappa shape index (κ2) is 5.46. The van der Waals surface area contributed by atoms with Crippen molar-refractivity contribution in [3.63, 3.8) is 0 Å². The van der Waals surface area contributed by atoms with Gasteiger partial charge in [0.15, 0.2) is 0 Å². The number of hydrogen-bond acceptors (Lipinski definition) is 4. The van der Waals surface area contributed by atoms with Crippen molar-refractivity contribution in [1.29, 1.82) is 0 Å². The van der Waals surface area contributed by atoms with E-state index in [1.54, 1.807) is 6.07 Å². The monoisotopic (exact) mass is 341 g/mol. The lowest BCUT2D eigenvalue weighted by atomic mass is 10.1. The van der Waals surface area contributed by atoms with Gasteiger partial charge in [0.25, 0.3) is 5.91 Å². The fourth-order valence-electron chi connectivity index (χ4n) is 1.43. The van der Waals surface area contributed by atoms with Gasteiger partial charge in [0.2, 0.25) is 0 Å². The van der Waals surface area contributed by atoms with Crippen LogP contribution in [0.15, 0.2) is 34.9 Å². The summed E-state index contributed by atoms with van der Waals surface area (Å²) in [6.45, 7) is 0. The number of nitrogens with one attached hydrogen (secondary N) is 1. The number of amides is 1. The van der Waals surface area contributed by atoms with E-state index in [0.29, 0.717) is 15.3 Å². The zero-order chi connectivity index (χ0) is 14.0. The standard InChI is InChI=1S/C12H9BrClN3O2/c13-9-3-6(5-16-11(9)14)17-12(19)8-4-7(18)1-2-10(8)15/h1-5,18H,15H2,(H,17,19). The van der Waals surface area contributed by atoms with Crippen molar-refractivity contribution in [2.24, 2.45) is 0 Å². The molecule has 98 valence electrons. The summed E-state index contributed by atoms with van der Waals surface area (Å²) in [7, 11) is 0. The smallest absolute Gasteiger partial charge is 0.257 e. The van der Waals surface area contributed by atoms with E-state index in [2.05, 4.69) is 26.2 Å². The first-order chi connectivity index (χ1) is 8.97. The lowest BCUT2D eigenvalue weighted by Gasteiger charge is -2.08. The van der Waals surface area contributed by atoms with Gasteiger partial charge in [0, 0.05) is 5.69 Å². The number of carbonyl (C=O) groups excluding carboxylic acids is 1. The third kappa shape index (κ3) is 3.15. The number of rotatable bonds is 2. The Hall–Kier alpha value is -1.79. The maximum Gasteiger partial charge on any atom is 0.257 e. The average molecular weight is 343 g/mol. The Morgan fingerprint density at radius 1 is 1.42 bits per heavy atom. The van der Waals surface area contributed by atoms with Crippen LogP contribution in [0.4, 0.5) is 11.4 Å². The highest BCUT2D eigenvalue weighted by molar-refractivity contribution is 9.10. The molecule has 0 saturated heterocycles. The van der Waals surface area contributed by atoms with Gasteiger partial charge in [-0.15, -0.1) is 0 Å². The minimum absolute atomic E-state index is 0.0326. The topological polar surface area (TPSA) is 88.2 Å². The predicted molar refractivity (Wildman–Crippen MR) is 77.4 cm³/mol. The summed E-state index contributed by atoms with van der Waals surface area (Å²) in [5.41, 5.74) is 6.60. The highest BCUT2D eigenvalue weighted by atomic mass is 79.9. The maximum atomic E-state index is 12.0. The molecule has 2 aromatic rings. The molecule has 0 fully saturated rings.